The van der Waals surface area contributed by atoms with Crippen LogP contribution in [-0.4, -0.2) is 28.9 Å². The molecule has 4 aromatic heterocycles. The topological polar surface area (TPSA) is 79.8 Å². The molecule has 0 saturated carbocycles. The Bertz CT molecular complexity index is 1810. The number of halogens is 2. The van der Waals surface area contributed by atoms with Crippen LogP contribution in [0.15, 0.2) is 71.9 Å². The lowest BCUT2D eigenvalue weighted by Gasteiger charge is -2.07. The monoisotopic (exact) mass is 598 g/mol. The first-order valence-electron chi connectivity index (χ1n) is 10.6. The number of fused-ring (bicyclic) bond motifs is 4. The largest absolute Gasteiger partial charge is 0.438 e. The van der Waals surface area contributed by atoms with Gasteiger partial charge in [-0.25, -0.2) is 18.5 Å². The summed E-state index contributed by atoms with van der Waals surface area (Å²) in [5, 5.41) is 11.1. The van der Waals surface area contributed by atoms with Crippen LogP contribution in [0.3, 0.4) is 0 Å². The van der Waals surface area contributed by atoms with E-state index in [4.69, 9.17) is 4.74 Å². The lowest BCUT2D eigenvalue weighted by molar-refractivity contribution is 0.470. The highest BCUT2D eigenvalue weighted by atomic mass is 127. The van der Waals surface area contributed by atoms with Gasteiger partial charge in [0.05, 0.1) is 41.7 Å². The summed E-state index contributed by atoms with van der Waals surface area (Å²) in [6, 6.07) is 13.9. The van der Waals surface area contributed by atoms with E-state index in [0.29, 0.717) is 29.1 Å². The SMILES string of the molecule is Cn1c2cc(Oc3nccc4c3cnn4PI)ccc2c2cnn(Cc3ccccc3F)c(=O)c21. The molecular weight excluding hydrogens is 581 g/mol. The Morgan fingerprint density at radius 3 is 2.69 bits per heavy atom. The lowest BCUT2D eigenvalue weighted by atomic mass is 10.2. The molecule has 4 heterocycles. The minimum Gasteiger partial charge on any atom is -0.438 e. The maximum absolute atomic E-state index is 14.1. The first-order chi connectivity index (χ1) is 17.0. The van der Waals surface area contributed by atoms with Crippen molar-refractivity contribution >= 4 is 61.1 Å². The van der Waals surface area contributed by atoms with Crippen molar-refractivity contribution in [2.75, 3.05) is 0 Å². The van der Waals surface area contributed by atoms with Crippen molar-refractivity contribution in [2.24, 2.45) is 7.05 Å². The van der Waals surface area contributed by atoms with Crippen molar-refractivity contribution in [3.63, 3.8) is 0 Å². The van der Waals surface area contributed by atoms with Crippen LogP contribution in [0, 0.1) is 5.82 Å². The Morgan fingerprint density at radius 1 is 1.03 bits per heavy atom. The summed E-state index contributed by atoms with van der Waals surface area (Å²) in [6.45, 7) is 0.0541. The number of rotatable bonds is 5. The molecule has 0 N–H and O–H groups in total. The zero-order chi connectivity index (χ0) is 24.1. The minimum absolute atomic E-state index is 0.0541. The summed E-state index contributed by atoms with van der Waals surface area (Å²) in [4.78, 5) is 17.7. The first kappa shape index (κ1) is 22.1. The Labute approximate surface area is 212 Å². The van der Waals surface area contributed by atoms with Gasteiger partial charge in [0, 0.05) is 35.6 Å². The fraction of sp³-hybridized carbons (Fsp3) is 0.0833. The highest BCUT2D eigenvalue weighted by Gasteiger charge is 2.17. The molecule has 0 spiro atoms. The Hall–Kier alpha value is -3.37. The van der Waals surface area contributed by atoms with Gasteiger partial charge < -0.3 is 9.30 Å². The number of aryl methyl sites for hydroxylation is 1. The van der Waals surface area contributed by atoms with Crippen molar-refractivity contribution < 1.29 is 9.13 Å². The summed E-state index contributed by atoms with van der Waals surface area (Å²) in [6.07, 6.45) is 5.58. The molecule has 1 unspecified atom stereocenters. The standard InChI is InChI=1S/C24H17FIN6O2P/c1-30-21-10-15(34-23-18-12-29-32(35-26)20(18)8-9-27-23)6-7-16(21)17-11-28-31(24(33)22(17)30)13-14-4-2-3-5-19(14)25/h2-12,35H,13H2,1H3. The van der Waals surface area contributed by atoms with Gasteiger partial charge in [0.1, 0.15) is 17.1 Å². The van der Waals surface area contributed by atoms with Crippen LogP contribution in [0.25, 0.3) is 32.7 Å². The molecule has 11 heteroatoms. The molecule has 0 radical (unpaired) electrons. The van der Waals surface area contributed by atoms with Crippen LogP contribution in [0.2, 0.25) is 0 Å². The average Bonchev–Trinajstić information content (AvgIpc) is 3.42. The highest BCUT2D eigenvalue weighted by molar-refractivity contribution is 14.2. The van der Waals surface area contributed by atoms with E-state index in [9.17, 15) is 9.18 Å². The molecule has 6 rings (SSSR count). The van der Waals surface area contributed by atoms with E-state index in [1.54, 1.807) is 36.8 Å². The van der Waals surface area contributed by atoms with Crippen molar-refractivity contribution in [1.29, 1.82) is 0 Å². The predicted octanol–water partition coefficient (Wildman–Crippen LogP) is 5.40. The maximum Gasteiger partial charge on any atom is 0.291 e. The second kappa shape index (κ2) is 8.69. The van der Waals surface area contributed by atoms with Gasteiger partial charge in [-0.15, -0.1) is 0 Å². The molecule has 0 bridgehead atoms. The molecule has 2 aromatic carbocycles. The Morgan fingerprint density at radius 2 is 1.86 bits per heavy atom. The van der Waals surface area contributed by atoms with E-state index in [-0.39, 0.29) is 17.9 Å². The molecule has 8 nitrogen and oxygen atoms in total. The highest BCUT2D eigenvalue weighted by Crippen LogP contribution is 2.35. The number of hydrogen-bond acceptors (Lipinski definition) is 5. The van der Waals surface area contributed by atoms with Gasteiger partial charge in [0.25, 0.3) is 5.56 Å². The number of aromatic nitrogens is 6. The molecule has 174 valence electrons. The molecule has 0 aliphatic rings. The summed E-state index contributed by atoms with van der Waals surface area (Å²) in [5.41, 5.74) is 2.38. The van der Waals surface area contributed by atoms with Crippen LogP contribution in [0.1, 0.15) is 5.56 Å². The quantitative estimate of drug-likeness (QED) is 0.196. The van der Waals surface area contributed by atoms with Crippen LogP contribution in [0.4, 0.5) is 4.39 Å². The zero-order valence-electron chi connectivity index (χ0n) is 18.3. The van der Waals surface area contributed by atoms with Crippen LogP contribution in [-0.2, 0) is 13.6 Å². The van der Waals surface area contributed by atoms with Gasteiger partial charge >= 0.3 is 0 Å². The van der Waals surface area contributed by atoms with E-state index in [1.807, 2.05) is 40.3 Å². The Kier molecular flexibility index (Phi) is 5.49. The fourth-order valence-electron chi connectivity index (χ4n) is 4.29. The second-order valence-electron chi connectivity index (χ2n) is 7.99. The number of benzene rings is 2. The van der Waals surface area contributed by atoms with Gasteiger partial charge in [-0.05, 0) is 46.3 Å². The second-order valence-corrected chi connectivity index (χ2v) is 10.0. The normalized spacial score (nSPS) is 12.0. The summed E-state index contributed by atoms with van der Waals surface area (Å²) in [7, 11) is 1.83. The summed E-state index contributed by atoms with van der Waals surface area (Å²) >= 11 is 2.28. The Balaban J connectivity index is 1.43. The lowest BCUT2D eigenvalue weighted by Crippen LogP contribution is -2.24. The average molecular weight is 598 g/mol. The van der Waals surface area contributed by atoms with Gasteiger partial charge in [-0.3, -0.25) is 4.79 Å². The fourth-order valence-corrected chi connectivity index (χ4v) is 5.83. The van der Waals surface area contributed by atoms with E-state index in [0.717, 1.165) is 27.2 Å². The third kappa shape index (κ3) is 3.68. The van der Waals surface area contributed by atoms with E-state index in [2.05, 4.69) is 37.2 Å². The number of hydrogen-bond donors (Lipinski definition) is 0. The first-order valence-corrected chi connectivity index (χ1v) is 14.7. The van der Waals surface area contributed by atoms with E-state index < -0.39 is 0 Å². The molecule has 1 atom stereocenters. The third-order valence-electron chi connectivity index (χ3n) is 6.01. The van der Waals surface area contributed by atoms with Crippen molar-refractivity contribution in [3.05, 3.63) is 88.9 Å². The van der Waals surface area contributed by atoms with Crippen LogP contribution < -0.4 is 10.3 Å². The number of pyridine rings is 1. The smallest absolute Gasteiger partial charge is 0.291 e. The van der Waals surface area contributed by atoms with Gasteiger partial charge in [-0.2, -0.15) is 10.2 Å². The molecule has 35 heavy (non-hydrogen) atoms. The van der Waals surface area contributed by atoms with Crippen molar-refractivity contribution in [1.82, 2.24) is 28.9 Å². The third-order valence-corrected chi connectivity index (χ3v) is 7.90. The molecular formula is C24H17FIN6O2P. The van der Waals surface area contributed by atoms with Gasteiger partial charge in [0.15, 0.2) is 0 Å². The summed E-state index contributed by atoms with van der Waals surface area (Å²) in [5.74, 6) is 0.691. The molecule has 0 amide bonds. The van der Waals surface area contributed by atoms with Crippen molar-refractivity contribution in [3.8, 4) is 11.6 Å². The molecule has 0 fully saturated rings. The van der Waals surface area contributed by atoms with E-state index in [1.165, 1.54) is 10.7 Å². The van der Waals surface area contributed by atoms with E-state index >= 15 is 0 Å². The van der Waals surface area contributed by atoms with Gasteiger partial charge in [-0.1, -0.05) is 18.2 Å². The van der Waals surface area contributed by atoms with Crippen molar-refractivity contribution in [2.45, 2.75) is 6.54 Å². The minimum atomic E-state index is -0.367. The molecule has 0 aliphatic carbocycles. The zero-order valence-corrected chi connectivity index (χ0v) is 21.5. The number of nitrogens with zero attached hydrogens (tertiary/aromatic N) is 6. The van der Waals surface area contributed by atoms with Crippen LogP contribution in [0.5, 0.6) is 11.6 Å². The van der Waals surface area contributed by atoms with Crippen LogP contribution >= 0.6 is 28.4 Å². The maximum atomic E-state index is 14.1. The number of ether oxygens (including phenoxy) is 1. The molecule has 0 aliphatic heterocycles. The predicted molar refractivity (Wildman–Crippen MR) is 143 cm³/mol. The van der Waals surface area contributed by atoms with Gasteiger partial charge in [0.2, 0.25) is 5.88 Å². The molecule has 6 aromatic rings. The molecule has 0 saturated heterocycles. The summed E-state index contributed by atoms with van der Waals surface area (Å²) < 4.78 is 25.3.